The van der Waals surface area contributed by atoms with Crippen molar-refractivity contribution in [3.63, 3.8) is 0 Å². The minimum absolute atomic E-state index is 0.111. The van der Waals surface area contributed by atoms with E-state index in [1.54, 1.807) is 0 Å². The first-order valence-corrected chi connectivity index (χ1v) is 10.7. The standard InChI is InChI=1S/C19H20N6OS2/c1-3-15-21-18(23-16-10-11(2)25-28-16)24-19(22-15)27-14-8-6-13(7-9-14)20-17(26)12-4-5-12/h6-10,12H,3-5H2,1-2H3,(H,20,26)(H,21,22,23,24). The van der Waals surface area contributed by atoms with Crippen LogP contribution < -0.4 is 10.6 Å². The molecule has 0 bridgehead atoms. The quantitative estimate of drug-likeness (QED) is 0.592. The fourth-order valence-corrected chi connectivity index (χ4v) is 3.91. The Morgan fingerprint density at radius 2 is 2.00 bits per heavy atom. The average Bonchev–Trinajstić information content (AvgIpc) is 3.46. The SMILES string of the molecule is CCc1nc(Nc2cc(C)ns2)nc(Sc2ccc(NC(=O)C3CC3)cc2)n1. The second kappa shape index (κ2) is 8.24. The zero-order valence-electron chi connectivity index (χ0n) is 15.6. The molecule has 1 fully saturated rings. The van der Waals surface area contributed by atoms with E-state index in [1.807, 2.05) is 44.2 Å². The van der Waals surface area contributed by atoms with Crippen LogP contribution in [0.2, 0.25) is 0 Å². The van der Waals surface area contributed by atoms with Gasteiger partial charge in [0, 0.05) is 22.9 Å². The van der Waals surface area contributed by atoms with E-state index in [1.165, 1.54) is 23.3 Å². The van der Waals surface area contributed by atoms with E-state index in [9.17, 15) is 4.79 Å². The van der Waals surface area contributed by atoms with Crippen molar-refractivity contribution in [3.8, 4) is 0 Å². The van der Waals surface area contributed by atoms with Crippen molar-refractivity contribution in [1.82, 2.24) is 19.3 Å². The summed E-state index contributed by atoms with van der Waals surface area (Å²) in [6.45, 7) is 3.96. The molecular formula is C19H20N6OS2. The van der Waals surface area contributed by atoms with Crippen molar-refractivity contribution in [2.24, 2.45) is 5.92 Å². The lowest BCUT2D eigenvalue weighted by Crippen LogP contribution is -2.12. The third kappa shape index (κ3) is 4.85. The topological polar surface area (TPSA) is 92.7 Å². The van der Waals surface area contributed by atoms with E-state index in [4.69, 9.17) is 0 Å². The number of anilines is 3. The van der Waals surface area contributed by atoms with Gasteiger partial charge in [0.1, 0.15) is 10.8 Å². The number of amides is 1. The number of hydrogen-bond donors (Lipinski definition) is 2. The second-order valence-electron chi connectivity index (χ2n) is 6.56. The largest absolute Gasteiger partial charge is 0.326 e. The van der Waals surface area contributed by atoms with E-state index >= 15 is 0 Å². The Morgan fingerprint density at radius 3 is 2.64 bits per heavy atom. The number of aryl methyl sites for hydroxylation is 2. The Hall–Kier alpha value is -2.52. The Labute approximate surface area is 171 Å². The molecule has 1 amide bonds. The Kier molecular flexibility index (Phi) is 5.54. The number of hydrogen-bond acceptors (Lipinski definition) is 8. The van der Waals surface area contributed by atoms with Gasteiger partial charge in [0.25, 0.3) is 0 Å². The summed E-state index contributed by atoms with van der Waals surface area (Å²) in [5.74, 6) is 1.56. The zero-order valence-corrected chi connectivity index (χ0v) is 17.2. The molecule has 0 spiro atoms. The molecule has 0 radical (unpaired) electrons. The van der Waals surface area contributed by atoms with Crippen molar-refractivity contribution in [2.75, 3.05) is 10.6 Å². The van der Waals surface area contributed by atoms with Crippen LogP contribution >= 0.6 is 23.3 Å². The molecule has 1 aliphatic carbocycles. The lowest BCUT2D eigenvalue weighted by atomic mass is 10.3. The molecule has 1 aliphatic rings. The average molecular weight is 413 g/mol. The van der Waals surface area contributed by atoms with Gasteiger partial charge in [-0.15, -0.1) is 0 Å². The summed E-state index contributed by atoms with van der Waals surface area (Å²) < 4.78 is 4.26. The van der Waals surface area contributed by atoms with Crippen LogP contribution in [-0.4, -0.2) is 25.2 Å². The van der Waals surface area contributed by atoms with Crippen LogP contribution in [0.1, 0.15) is 31.3 Å². The predicted molar refractivity (Wildman–Crippen MR) is 111 cm³/mol. The van der Waals surface area contributed by atoms with Crippen LogP contribution in [0.15, 0.2) is 40.4 Å². The van der Waals surface area contributed by atoms with Crippen molar-refractivity contribution >= 4 is 45.8 Å². The van der Waals surface area contributed by atoms with Gasteiger partial charge in [-0.3, -0.25) is 4.79 Å². The molecule has 1 aromatic carbocycles. The molecule has 2 N–H and O–H groups in total. The number of benzene rings is 1. The number of carbonyl (C=O) groups excluding carboxylic acids is 1. The van der Waals surface area contributed by atoms with E-state index in [0.717, 1.165) is 46.4 Å². The highest BCUT2D eigenvalue weighted by atomic mass is 32.2. The maximum Gasteiger partial charge on any atom is 0.232 e. The highest BCUT2D eigenvalue weighted by Crippen LogP contribution is 2.31. The molecule has 2 aromatic heterocycles. The second-order valence-corrected chi connectivity index (χ2v) is 8.40. The Bertz CT molecular complexity index is 984. The van der Waals surface area contributed by atoms with Gasteiger partial charge < -0.3 is 10.6 Å². The molecule has 1 saturated carbocycles. The smallest absolute Gasteiger partial charge is 0.232 e. The lowest BCUT2D eigenvalue weighted by Gasteiger charge is -2.08. The normalized spacial score (nSPS) is 13.4. The number of aromatic nitrogens is 4. The Balaban J connectivity index is 1.47. The summed E-state index contributed by atoms with van der Waals surface area (Å²) in [5, 5.41) is 7.68. The number of nitrogens with one attached hydrogen (secondary N) is 2. The van der Waals surface area contributed by atoms with Gasteiger partial charge in [0.15, 0.2) is 5.16 Å². The van der Waals surface area contributed by atoms with Crippen LogP contribution in [-0.2, 0) is 11.2 Å². The van der Waals surface area contributed by atoms with Crippen molar-refractivity contribution in [1.29, 1.82) is 0 Å². The van der Waals surface area contributed by atoms with Gasteiger partial charge in [0.05, 0.1) is 5.69 Å². The molecule has 144 valence electrons. The summed E-state index contributed by atoms with van der Waals surface area (Å²) in [7, 11) is 0. The molecule has 0 saturated heterocycles. The summed E-state index contributed by atoms with van der Waals surface area (Å²) in [4.78, 5) is 26.3. The third-order valence-electron chi connectivity index (χ3n) is 4.12. The van der Waals surface area contributed by atoms with Crippen LogP contribution in [0.25, 0.3) is 0 Å². The van der Waals surface area contributed by atoms with Crippen molar-refractivity contribution in [2.45, 2.75) is 43.2 Å². The minimum Gasteiger partial charge on any atom is -0.326 e. The zero-order chi connectivity index (χ0) is 19.5. The van der Waals surface area contributed by atoms with Crippen LogP contribution in [0.3, 0.4) is 0 Å². The molecule has 2 heterocycles. The first-order valence-electron chi connectivity index (χ1n) is 9.13. The molecule has 0 aliphatic heterocycles. The van der Waals surface area contributed by atoms with E-state index in [-0.39, 0.29) is 11.8 Å². The number of rotatable bonds is 7. The van der Waals surface area contributed by atoms with Gasteiger partial charge >= 0.3 is 0 Å². The predicted octanol–water partition coefficient (Wildman–Crippen LogP) is 4.44. The van der Waals surface area contributed by atoms with Gasteiger partial charge in [0.2, 0.25) is 11.9 Å². The molecule has 3 aromatic rings. The monoisotopic (exact) mass is 412 g/mol. The molecule has 0 unspecified atom stereocenters. The van der Waals surface area contributed by atoms with E-state index in [2.05, 4.69) is 30.0 Å². The fraction of sp³-hybridized carbons (Fsp3) is 0.316. The highest BCUT2D eigenvalue weighted by molar-refractivity contribution is 7.99. The Morgan fingerprint density at radius 1 is 1.21 bits per heavy atom. The summed E-state index contributed by atoms with van der Waals surface area (Å²) in [6.07, 6.45) is 2.71. The summed E-state index contributed by atoms with van der Waals surface area (Å²) in [6, 6.07) is 9.69. The van der Waals surface area contributed by atoms with Crippen LogP contribution in [0.5, 0.6) is 0 Å². The van der Waals surface area contributed by atoms with Gasteiger partial charge in [-0.1, -0.05) is 6.92 Å². The maximum atomic E-state index is 11.9. The van der Waals surface area contributed by atoms with Gasteiger partial charge in [-0.25, -0.2) is 4.98 Å². The lowest BCUT2D eigenvalue weighted by molar-refractivity contribution is -0.117. The van der Waals surface area contributed by atoms with Gasteiger partial charge in [-0.2, -0.15) is 14.3 Å². The number of carbonyl (C=O) groups is 1. The third-order valence-corrected chi connectivity index (χ3v) is 5.79. The van der Waals surface area contributed by atoms with E-state index in [0.29, 0.717) is 11.1 Å². The fourth-order valence-electron chi connectivity index (χ4n) is 2.49. The molecule has 0 atom stereocenters. The highest BCUT2D eigenvalue weighted by Gasteiger charge is 2.29. The van der Waals surface area contributed by atoms with Gasteiger partial charge in [-0.05, 0) is 73.4 Å². The van der Waals surface area contributed by atoms with Crippen molar-refractivity contribution in [3.05, 3.63) is 41.9 Å². The molecule has 9 heteroatoms. The minimum atomic E-state index is 0.111. The van der Waals surface area contributed by atoms with Crippen LogP contribution in [0.4, 0.5) is 16.6 Å². The first-order chi connectivity index (χ1) is 13.6. The van der Waals surface area contributed by atoms with Crippen molar-refractivity contribution < 1.29 is 4.79 Å². The summed E-state index contributed by atoms with van der Waals surface area (Å²) >= 11 is 2.84. The molecule has 4 rings (SSSR count). The van der Waals surface area contributed by atoms with E-state index < -0.39 is 0 Å². The first kappa shape index (κ1) is 18.8. The molecular weight excluding hydrogens is 392 g/mol. The molecule has 28 heavy (non-hydrogen) atoms. The van der Waals surface area contributed by atoms with Crippen LogP contribution in [0, 0.1) is 12.8 Å². The summed E-state index contributed by atoms with van der Waals surface area (Å²) in [5.41, 5.74) is 1.77. The maximum absolute atomic E-state index is 11.9. The number of nitrogens with zero attached hydrogens (tertiary/aromatic N) is 4. The molecule has 7 nitrogen and oxygen atoms in total.